The lowest BCUT2D eigenvalue weighted by Crippen LogP contribution is -2.43. The fraction of sp³-hybridized carbons (Fsp3) is 0.786. The predicted molar refractivity (Wildman–Crippen MR) is 73.5 cm³/mol. The van der Waals surface area contributed by atoms with Gasteiger partial charge < -0.3 is 19.5 Å². The minimum atomic E-state index is -0.788. The van der Waals surface area contributed by atoms with Crippen LogP contribution in [0.2, 0.25) is 0 Å². The standard InChI is InChI=1S/C14H23NO6/c1-13(2,3)21-12(18)15-14(8-11(17)20-5)7-9(14)6-10(16)19-4/h9H,6-8H2,1-5H3,(H,15,18)/t9-,14+/m1/s1. The Morgan fingerprint density at radius 2 is 1.71 bits per heavy atom. The molecule has 1 saturated carbocycles. The molecule has 0 aromatic carbocycles. The van der Waals surface area contributed by atoms with E-state index < -0.39 is 23.2 Å². The fourth-order valence-electron chi connectivity index (χ4n) is 2.18. The minimum Gasteiger partial charge on any atom is -0.469 e. The second-order valence-corrected chi connectivity index (χ2v) is 6.22. The summed E-state index contributed by atoms with van der Waals surface area (Å²) in [6, 6.07) is 0. The van der Waals surface area contributed by atoms with Gasteiger partial charge in [0.05, 0.1) is 32.6 Å². The van der Waals surface area contributed by atoms with Gasteiger partial charge in [-0.1, -0.05) is 0 Å². The van der Waals surface area contributed by atoms with Crippen molar-refractivity contribution in [3.63, 3.8) is 0 Å². The number of alkyl carbamates (subject to hydrolysis) is 1. The lowest BCUT2D eigenvalue weighted by Gasteiger charge is -2.23. The van der Waals surface area contributed by atoms with Crippen LogP contribution in [0, 0.1) is 5.92 Å². The molecule has 0 unspecified atom stereocenters. The number of amides is 1. The molecule has 0 aromatic rings. The molecule has 0 aromatic heterocycles. The van der Waals surface area contributed by atoms with Gasteiger partial charge in [-0.05, 0) is 33.1 Å². The third-order valence-electron chi connectivity index (χ3n) is 3.31. The van der Waals surface area contributed by atoms with Crippen LogP contribution in [-0.2, 0) is 23.8 Å². The molecular formula is C14H23NO6. The highest BCUT2D eigenvalue weighted by atomic mass is 16.6. The van der Waals surface area contributed by atoms with Crippen molar-refractivity contribution in [2.45, 2.75) is 51.2 Å². The van der Waals surface area contributed by atoms with Crippen LogP contribution in [0.3, 0.4) is 0 Å². The number of ether oxygens (including phenoxy) is 3. The van der Waals surface area contributed by atoms with Crippen molar-refractivity contribution in [2.24, 2.45) is 5.92 Å². The van der Waals surface area contributed by atoms with Crippen LogP contribution >= 0.6 is 0 Å². The first kappa shape index (κ1) is 17.3. The van der Waals surface area contributed by atoms with Crippen LogP contribution in [0.25, 0.3) is 0 Å². The van der Waals surface area contributed by atoms with E-state index in [9.17, 15) is 14.4 Å². The van der Waals surface area contributed by atoms with Crippen LogP contribution in [0.4, 0.5) is 4.79 Å². The lowest BCUT2D eigenvalue weighted by molar-refractivity contribution is -0.143. The van der Waals surface area contributed by atoms with Crippen molar-refractivity contribution in [3.05, 3.63) is 0 Å². The van der Waals surface area contributed by atoms with Gasteiger partial charge in [-0.25, -0.2) is 4.79 Å². The van der Waals surface area contributed by atoms with Gasteiger partial charge in [0.1, 0.15) is 5.60 Å². The Morgan fingerprint density at radius 1 is 1.14 bits per heavy atom. The molecule has 1 fully saturated rings. The number of rotatable bonds is 5. The smallest absolute Gasteiger partial charge is 0.408 e. The molecule has 1 aliphatic rings. The Balaban J connectivity index is 2.69. The molecule has 7 heteroatoms. The Kier molecular flexibility index (Phi) is 5.20. The third-order valence-corrected chi connectivity index (χ3v) is 3.31. The summed E-state index contributed by atoms with van der Waals surface area (Å²) in [5.74, 6) is -0.979. The third kappa shape index (κ3) is 5.24. The monoisotopic (exact) mass is 301 g/mol. The molecule has 0 bridgehead atoms. The normalized spacial score (nSPS) is 24.0. The molecule has 0 aliphatic heterocycles. The van der Waals surface area contributed by atoms with Crippen molar-refractivity contribution in [1.82, 2.24) is 5.32 Å². The zero-order valence-corrected chi connectivity index (χ0v) is 13.1. The number of hydrogen-bond acceptors (Lipinski definition) is 6. The number of esters is 2. The lowest BCUT2D eigenvalue weighted by atomic mass is 10.1. The van der Waals surface area contributed by atoms with E-state index in [1.807, 2.05) is 0 Å². The maximum absolute atomic E-state index is 11.9. The van der Waals surface area contributed by atoms with E-state index in [1.165, 1.54) is 14.2 Å². The highest BCUT2D eigenvalue weighted by molar-refractivity contribution is 5.77. The summed E-state index contributed by atoms with van der Waals surface area (Å²) in [5, 5.41) is 2.70. The average Bonchev–Trinajstić information content (AvgIpc) is 2.97. The maximum atomic E-state index is 11.9. The molecule has 0 radical (unpaired) electrons. The van der Waals surface area contributed by atoms with Crippen LogP contribution < -0.4 is 5.32 Å². The first-order chi connectivity index (χ1) is 9.62. The summed E-state index contributed by atoms with van der Waals surface area (Å²) >= 11 is 0. The molecule has 0 spiro atoms. The van der Waals surface area contributed by atoms with Crippen LogP contribution in [0.15, 0.2) is 0 Å². The van der Waals surface area contributed by atoms with Gasteiger partial charge in [0.15, 0.2) is 0 Å². The van der Waals surface area contributed by atoms with E-state index in [4.69, 9.17) is 4.74 Å². The van der Waals surface area contributed by atoms with Gasteiger partial charge in [0.25, 0.3) is 0 Å². The molecule has 2 atom stereocenters. The Bertz CT molecular complexity index is 428. The Morgan fingerprint density at radius 3 is 2.19 bits per heavy atom. The van der Waals surface area contributed by atoms with Gasteiger partial charge >= 0.3 is 18.0 Å². The van der Waals surface area contributed by atoms with Crippen molar-refractivity contribution >= 4 is 18.0 Å². The van der Waals surface area contributed by atoms with E-state index in [1.54, 1.807) is 20.8 Å². The van der Waals surface area contributed by atoms with E-state index in [0.29, 0.717) is 6.42 Å². The van der Waals surface area contributed by atoms with E-state index >= 15 is 0 Å². The van der Waals surface area contributed by atoms with Gasteiger partial charge in [-0.3, -0.25) is 9.59 Å². The molecule has 1 rings (SSSR count). The maximum Gasteiger partial charge on any atom is 0.408 e. The van der Waals surface area contributed by atoms with E-state index in [2.05, 4.69) is 14.8 Å². The largest absolute Gasteiger partial charge is 0.469 e. The second kappa shape index (κ2) is 6.32. The molecular weight excluding hydrogens is 278 g/mol. The van der Waals surface area contributed by atoms with Crippen molar-refractivity contribution in [2.75, 3.05) is 14.2 Å². The number of hydrogen-bond donors (Lipinski definition) is 1. The zero-order valence-electron chi connectivity index (χ0n) is 13.1. The van der Waals surface area contributed by atoms with Crippen molar-refractivity contribution in [3.8, 4) is 0 Å². The molecule has 0 saturated heterocycles. The number of methoxy groups -OCH3 is 2. The van der Waals surface area contributed by atoms with Gasteiger partial charge in [-0.15, -0.1) is 0 Å². The van der Waals surface area contributed by atoms with Crippen molar-refractivity contribution in [1.29, 1.82) is 0 Å². The zero-order chi connectivity index (χ0) is 16.3. The summed E-state index contributed by atoms with van der Waals surface area (Å²) < 4.78 is 14.4. The average molecular weight is 301 g/mol. The highest BCUT2D eigenvalue weighted by Gasteiger charge is 2.57. The quantitative estimate of drug-likeness (QED) is 0.609. The molecule has 120 valence electrons. The summed E-state index contributed by atoms with van der Waals surface area (Å²) in [6.45, 7) is 5.25. The minimum absolute atomic E-state index is 0.00437. The van der Waals surface area contributed by atoms with Crippen molar-refractivity contribution < 1.29 is 28.6 Å². The summed E-state index contributed by atoms with van der Waals surface area (Å²) in [5.41, 5.74) is -1.42. The Labute approximate surface area is 124 Å². The van der Waals surface area contributed by atoms with Gasteiger partial charge in [0, 0.05) is 0 Å². The summed E-state index contributed by atoms with van der Waals surface area (Å²) in [4.78, 5) is 34.7. The molecule has 1 aliphatic carbocycles. The summed E-state index contributed by atoms with van der Waals surface area (Å²) in [6.07, 6.45) is 0.0446. The second-order valence-electron chi connectivity index (χ2n) is 6.22. The topological polar surface area (TPSA) is 90.9 Å². The molecule has 1 amide bonds. The predicted octanol–water partition coefficient (Wildman–Crippen LogP) is 1.40. The molecule has 0 heterocycles. The van der Waals surface area contributed by atoms with Gasteiger partial charge in [-0.2, -0.15) is 0 Å². The van der Waals surface area contributed by atoms with E-state index in [0.717, 1.165) is 0 Å². The van der Waals surface area contributed by atoms with E-state index in [-0.39, 0.29) is 24.7 Å². The first-order valence-electron chi connectivity index (χ1n) is 6.76. The highest BCUT2D eigenvalue weighted by Crippen LogP contribution is 2.49. The number of carbonyl (C=O) groups excluding carboxylic acids is 3. The fourth-order valence-corrected chi connectivity index (χ4v) is 2.18. The van der Waals surface area contributed by atoms with Gasteiger partial charge in [0.2, 0.25) is 0 Å². The number of carbonyl (C=O) groups is 3. The molecule has 21 heavy (non-hydrogen) atoms. The molecule has 7 nitrogen and oxygen atoms in total. The first-order valence-corrected chi connectivity index (χ1v) is 6.76. The van der Waals surface area contributed by atoms with Crippen LogP contribution in [-0.4, -0.2) is 43.4 Å². The Hall–Kier alpha value is -1.79. The SMILES string of the molecule is COC(=O)C[C@@H]1C[C@@]1(CC(=O)OC)NC(=O)OC(C)(C)C. The van der Waals surface area contributed by atoms with Crippen LogP contribution in [0.1, 0.15) is 40.0 Å². The summed E-state index contributed by atoms with van der Waals surface area (Å²) in [7, 11) is 2.58. The number of nitrogens with one attached hydrogen (secondary N) is 1. The molecule has 1 N–H and O–H groups in total. The van der Waals surface area contributed by atoms with Crippen LogP contribution in [0.5, 0.6) is 0 Å².